The molecule has 11 heteroatoms. The SMILES string of the molecule is CS(=O)(=O)O.NC[C@H]1CN(c2ccc(N3CCOCC3=O)cc2)C(=O)O1. The maximum atomic E-state index is 11.8. The predicted molar refractivity (Wildman–Crippen MR) is 93.8 cm³/mol. The van der Waals surface area contributed by atoms with E-state index in [9.17, 15) is 18.0 Å². The van der Waals surface area contributed by atoms with Crippen molar-refractivity contribution in [1.82, 2.24) is 0 Å². The van der Waals surface area contributed by atoms with E-state index in [0.29, 0.717) is 32.5 Å². The highest BCUT2D eigenvalue weighted by molar-refractivity contribution is 7.85. The average Bonchev–Trinajstić information content (AvgIpc) is 2.95. The molecule has 10 nitrogen and oxygen atoms in total. The Hall–Kier alpha value is -2.21. The van der Waals surface area contributed by atoms with E-state index in [1.54, 1.807) is 21.9 Å². The summed E-state index contributed by atoms with van der Waals surface area (Å²) in [5.74, 6) is -0.0576. The molecule has 0 unspecified atom stereocenters. The summed E-state index contributed by atoms with van der Waals surface area (Å²) in [6, 6.07) is 7.25. The van der Waals surface area contributed by atoms with Gasteiger partial charge in [-0.1, -0.05) is 0 Å². The second kappa shape index (κ2) is 8.45. The smallest absolute Gasteiger partial charge is 0.414 e. The number of morpholine rings is 1. The van der Waals surface area contributed by atoms with E-state index < -0.39 is 10.1 Å². The summed E-state index contributed by atoms with van der Waals surface area (Å²) in [5.41, 5.74) is 7.05. The Morgan fingerprint density at radius 1 is 1.19 bits per heavy atom. The zero-order valence-corrected chi connectivity index (χ0v) is 15.0. The molecule has 1 atom stereocenters. The number of nitrogens with zero attached hydrogens (tertiary/aromatic N) is 2. The van der Waals surface area contributed by atoms with Gasteiger partial charge in [0.1, 0.15) is 12.7 Å². The summed E-state index contributed by atoms with van der Waals surface area (Å²) in [5, 5.41) is 0. The van der Waals surface area contributed by atoms with Gasteiger partial charge in [-0.25, -0.2) is 4.79 Å². The van der Waals surface area contributed by atoms with Crippen molar-refractivity contribution >= 4 is 33.5 Å². The number of benzene rings is 1. The Bertz CT molecular complexity index is 743. The quantitative estimate of drug-likeness (QED) is 0.682. The van der Waals surface area contributed by atoms with Crippen LogP contribution >= 0.6 is 0 Å². The Labute approximate surface area is 151 Å². The van der Waals surface area contributed by atoms with Gasteiger partial charge in [-0.3, -0.25) is 14.2 Å². The minimum atomic E-state index is -3.67. The fourth-order valence-electron chi connectivity index (χ4n) is 2.46. The highest BCUT2D eigenvalue weighted by atomic mass is 32.2. The highest BCUT2D eigenvalue weighted by Crippen LogP contribution is 2.25. The van der Waals surface area contributed by atoms with Crippen molar-refractivity contribution in [2.45, 2.75) is 6.10 Å². The molecule has 1 aromatic rings. The minimum absolute atomic E-state index is 0.0576. The van der Waals surface area contributed by atoms with Gasteiger partial charge in [-0.05, 0) is 24.3 Å². The van der Waals surface area contributed by atoms with Crippen molar-refractivity contribution in [2.75, 3.05) is 48.9 Å². The summed E-state index contributed by atoms with van der Waals surface area (Å²) in [4.78, 5) is 26.7. The second-order valence-electron chi connectivity index (χ2n) is 5.70. The number of cyclic esters (lactones) is 1. The van der Waals surface area contributed by atoms with Crippen LogP contribution in [0.1, 0.15) is 0 Å². The summed E-state index contributed by atoms with van der Waals surface area (Å²) in [6.45, 7) is 1.94. The van der Waals surface area contributed by atoms with Crippen LogP contribution in [-0.2, 0) is 24.4 Å². The molecular formula is C15H21N3O7S. The number of carbonyl (C=O) groups is 2. The maximum absolute atomic E-state index is 11.8. The lowest BCUT2D eigenvalue weighted by molar-refractivity contribution is -0.125. The molecule has 2 fully saturated rings. The first-order chi connectivity index (χ1) is 12.2. The lowest BCUT2D eigenvalue weighted by Crippen LogP contribution is -2.41. The topological polar surface area (TPSA) is 139 Å². The largest absolute Gasteiger partial charge is 0.443 e. The Balaban J connectivity index is 0.000000431. The van der Waals surface area contributed by atoms with Crippen molar-refractivity contribution in [2.24, 2.45) is 5.73 Å². The summed E-state index contributed by atoms with van der Waals surface area (Å²) in [7, 11) is -3.67. The van der Waals surface area contributed by atoms with Crippen molar-refractivity contribution in [3.05, 3.63) is 24.3 Å². The first-order valence-corrected chi connectivity index (χ1v) is 9.62. The first kappa shape index (κ1) is 20.1. The lowest BCUT2D eigenvalue weighted by atomic mass is 10.2. The van der Waals surface area contributed by atoms with Crippen LogP contribution < -0.4 is 15.5 Å². The lowest BCUT2D eigenvalue weighted by Gasteiger charge is -2.27. The Morgan fingerprint density at radius 3 is 2.19 bits per heavy atom. The van der Waals surface area contributed by atoms with E-state index in [1.807, 2.05) is 12.1 Å². The van der Waals surface area contributed by atoms with Gasteiger partial charge in [0.2, 0.25) is 0 Å². The van der Waals surface area contributed by atoms with Crippen LogP contribution in [-0.4, -0.2) is 70.2 Å². The average molecular weight is 387 g/mol. The standard InChI is InChI=1S/C14H17N3O4.CH4O3S/c15-7-12-8-17(14(19)21-12)11-3-1-10(2-4-11)16-5-6-20-9-13(16)18;1-5(2,3)4/h1-4,12H,5-9,15H2;1H3,(H,2,3,4)/t12-;/m0./s1. The van der Waals surface area contributed by atoms with Crippen molar-refractivity contribution in [1.29, 1.82) is 0 Å². The molecule has 1 aromatic carbocycles. The van der Waals surface area contributed by atoms with Gasteiger partial charge in [-0.2, -0.15) is 8.42 Å². The highest BCUT2D eigenvalue weighted by Gasteiger charge is 2.31. The summed E-state index contributed by atoms with van der Waals surface area (Å²) < 4.78 is 36.1. The molecule has 3 N–H and O–H groups in total. The molecule has 3 rings (SSSR count). The van der Waals surface area contributed by atoms with Crippen LogP contribution in [0.15, 0.2) is 24.3 Å². The third-order valence-electron chi connectivity index (χ3n) is 3.60. The van der Waals surface area contributed by atoms with Gasteiger partial charge >= 0.3 is 6.09 Å². The molecule has 0 saturated carbocycles. The van der Waals surface area contributed by atoms with E-state index in [2.05, 4.69) is 0 Å². The molecule has 0 bridgehead atoms. The van der Waals surface area contributed by atoms with E-state index in [0.717, 1.165) is 11.4 Å². The van der Waals surface area contributed by atoms with Crippen LogP contribution in [0.2, 0.25) is 0 Å². The number of amides is 2. The molecular weight excluding hydrogens is 366 g/mol. The predicted octanol–water partition coefficient (Wildman–Crippen LogP) is -0.162. The molecule has 0 aromatic heterocycles. The van der Waals surface area contributed by atoms with E-state index in [1.165, 1.54) is 0 Å². The maximum Gasteiger partial charge on any atom is 0.414 e. The van der Waals surface area contributed by atoms with E-state index in [-0.39, 0.29) is 24.7 Å². The van der Waals surface area contributed by atoms with Crippen LogP contribution in [0.25, 0.3) is 0 Å². The third-order valence-corrected chi connectivity index (χ3v) is 3.60. The molecule has 2 aliphatic rings. The van der Waals surface area contributed by atoms with Gasteiger partial charge < -0.3 is 20.1 Å². The molecule has 0 radical (unpaired) electrons. The number of anilines is 2. The molecule has 0 aliphatic carbocycles. The van der Waals surface area contributed by atoms with Gasteiger partial charge in [-0.15, -0.1) is 0 Å². The molecule has 2 saturated heterocycles. The van der Waals surface area contributed by atoms with Crippen LogP contribution in [0.5, 0.6) is 0 Å². The van der Waals surface area contributed by atoms with Gasteiger partial charge in [0.15, 0.2) is 0 Å². The zero-order valence-electron chi connectivity index (χ0n) is 14.2. The second-order valence-corrected chi connectivity index (χ2v) is 7.17. The number of carbonyl (C=O) groups excluding carboxylic acids is 2. The number of hydrogen-bond donors (Lipinski definition) is 2. The summed E-state index contributed by atoms with van der Waals surface area (Å²) in [6.07, 6.45) is 0.0612. The van der Waals surface area contributed by atoms with Crippen LogP contribution in [0, 0.1) is 0 Å². The molecule has 2 heterocycles. The zero-order chi connectivity index (χ0) is 19.3. The third kappa shape index (κ3) is 5.66. The fraction of sp³-hybridized carbons (Fsp3) is 0.467. The number of nitrogens with two attached hydrogens (primary N) is 1. The minimum Gasteiger partial charge on any atom is -0.443 e. The fourth-order valence-corrected chi connectivity index (χ4v) is 2.46. The van der Waals surface area contributed by atoms with Gasteiger partial charge in [0, 0.05) is 24.5 Å². The Kier molecular flexibility index (Phi) is 6.53. The molecule has 2 amide bonds. The molecule has 144 valence electrons. The van der Waals surface area contributed by atoms with E-state index in [4.69, 9.17) is 19.8 Å². The Morgan fingerprint density at radius 2 is 1.73 bits per heavy atom. The van der Waals surface area contributed by atoms with Gasteiger partial charge in [0.05, 0.1) is 19.4 Å². The van der Waals surface area contributed by atoms with Crippen molar-refractivity contribution in [3.8, 4) is 0 Å². The monoisotopic (exact) mass is 387 g/mol. The number of hydrogen-bond acceptors (Lipinski definition) is 7. The van der Waals surface area contributed by atoms with Crippen LogP contribution in [0.4, 0.5) is 16.2 Å². The van der Waals surface area contributed by atoms with Crippen molar-refractivity contribution < 1.29 is 32.0 Å². The van der Waals surface area contributed by atoms with E-state index >= 15 is 0 Å². The van der Waals surface area contributed by atoms with Crippen LogP contribution in [0.3, 0.4) is 0 Å². The number of ether oxygens (including phenoxy) is 2. The van der Waals surface area contributed by atoms with Crippen molar-refractivity contribution in [3.63, 3.8) is 0 Å². The molecule has 26 heavy (non-hydrogen) atoms. The van der Waals surface area contributed by atoms with Gasteiger partial charge in [0.25, 0.3) is 16.0 Å². The normalized spacial score (nSPS) is 20.5. The molecule has 2 aliphatic heterocycles. The number of rotatable bonds is 3. The first-order valence-electron chi connectivity index (χ1n) is 7.78. The summed E-state index contributed by atoms with van der Waals surface area (Å²) >= 11 is 0. The molecule has 0 spiro atoms.